The minimum Gasteiger partial charge on any atom is -0.401 e. The molecule has 2 nitrogen and oxygen atoms in total. The molecular formula is C5H8Cl2N2. The average Bonchev–Trinajstić information content (AvgIpc) is 1.63. The third kappa shape index (κ3) is 4.18. The van der Waals surface area contributed by atoms with E-state index in [0.717, 1.165) is 0 Å². The molecule has 0 heterocycles. The monoisotopic (exact) mass is 166 g/mol. The Morgan fingerprint density at radius 3 is 1.89 bits per heavy atom. The fraction of sp³-hybridized carbons (Fsp3) is 0.200. The smallest absolute Gasteiger partial charge is 0.101 e. The van der Waals surface area contributed by atoms with Crippen molar-refractivity contribution in [1.82, 2.24) is 0 Å². The lowest BCUT2D eigenvalue weighted by Crippen LogP contribution is -1.94. The maximum absolute atomic E-state index is 5.52. The summed E-state index contributed by atoms with van der Waals surface area (Å²) < 4.78 is 0. The molecule has 0 bridgehead atoms. The minimum atomic E-state index is 0.129. The molecule has 0 unspecified atom stereocenters. The second kappa shape index (κ2) is 3.64. The highest BCUT2D eigenvalue weighted by Crippen LogP contribution is 2.08. The molecule has 0 radical (unpaired) electrons. The normalized spacial score (nSPS) is 15.2. The maximum Gasteiger partial charge on any atom is 0.101 e. The van der Waals surface area contributed by atoms with Gasteiger partial charge in [0.2, 0.25) is 0 Å². The molecule has 0 atom stereocenters. The van der Waals surface area contributed by atoms with E-state index >= 15 is 0 Å². The van der Waals surface area contributed by atoms with E-state index in [9.17, 15) is 0 Å². The van der Waals surface area contributed by atoms with Gasteiger partial charge in [-0.15, -0.1) is 0 Å². The Morgan fingerprint density at radius 1 is 1.33 bits per heavy atom. The molecule has 0 amide bonds. The predicted molar refractivity (Wildman–Crippen MR) is 40.9 cm³/mol. The molecule has 0 saturated carbocycles. The summed E-state index contributed by atoms with van der Waals surface area (Å²) in [4.78, 5) is 0. The van der Waals surface area contributed by atoms with Crippen molar-refractivity contribution in [1.29, 1.82) is 0 Å². The predicted octanol–water partition coefficient (Wildman–Crippen LogP) is 1.45. The van der Waals surface area contributed by atoms with E-state index in [-0.39, 0.29) is 5.16 Å². The molecule has 0 aliphatic carbocycles. The Balaban J connectivity index is 4.25. The third-order valence-electron chi connectivity index (χ3n) is 0.641. The van der Waals surface area contributed by atoms with Gasteiger partial charge in [-0.05, 0) is 13.0 Å². The van der Waals surface area contributed by atoms with Gasteiger partial charge in [-0.2, -0.15) is 0 Å². The molecule has 9 heavy (non-hydrogen) atoms. The van der Waals surface area contributed by atoms with Crippen LogP contribution in [0, 0.1) is 0 Å². The van der Waals surface area contributed by atoms with E-state index in [1.807, 2.05) is 0 Å². The van der Waals surface area contributed by atoms with E-state index in [1.54, 1.807) is 6.92 Å². The van der Waals surface area contributed by atoms with Crippen molar-refractivity contribution in [2.45, 2.75) is 6.92 Å². The van der Waals surface area contributed by atoms with Crippen molar-refractivity contribution in [3.63, 3.8) is 0 Å². The van der Waals surface area contributed by atoms with Crippen molar-refractivity contribution in [2.75, 3.05) is 0 Å². The first kappa shape index (κ1) is 8.66. The summed E-state index contributed by atoms with van der Waals surface area (Å²) in [5.41, 5.74) is 10.9. The van der Waals surface area contributed by atoms with Crippen LogP contribution in [0.2, 0.25) is 0 Å². The molecule has 52 valence electrons. The number of hydrogen-bond acceptors (Lipinski definition) is 2. The number of nitrogens with two attached hydrogens (primary N) is 2. The maximum atomic E-state index is 5.52. The highest BCUT2D eigenvalue weighted by molar-refractivity contribution is 6.34. The molecule has 0 aromatic rings. The number of allylic oxidation sites excluding steroid dienone is 3. The first-order chi connectivity index (χ1) is 4.04. The summed E-state index contributed by atoms with van der Waals surface area (Å²) in [7, 11) is 0. The number of rotatable bonds is 1. The summed E-state index contributed by atoms with van der Waals surface area (Å²) in [6.45, 7) is 1.67. The highest BCUT2D eigenvalue weighted by Gasteiger charge is 1.89. The first-order valence-electron chi connectivity index (χ1n) is 2.28. The number of halogens is 2. The van der Waals surface area contributed by atoms with Crippen molar-refractivity contribution in [3.05, 3.63) is 22.0 Å². The van der Waals surface area contributed by atoms with Gasteiger partial charge in [0.1, 0.15) is 5.16 Å². The molecule has 4 N–H and O–H groups in total. The van der Waals surface area contributed by atoms with E-state index in [2.05, 4.69) is 0 Å². The summed E-state index contributed by atoms with van der Waals surface area (Å²) in [5.74, 6) is 0. The van der Waals surface area contributed by atoms with Crippen LogP contribution in [-0.2, 0) is 0 Å². The lowest BCUT2D eigenvalue weighted by atomic mass is 10.4. The van der Waals surface area contributed by atoms with Gasteiger partial charge in [0.05, 0.1) is 5.03 Å². The molecule has 0 rings (SSSR count). The number of hydrogen-bond donors (Lipinski definition) is 2. The van der Waals surface area contributed by atoms with Crippen molar-refractivity contribution < 1.29 is 0 Å². The van der Waals surface area contributed by atoms with Crippen LogP contribution in [0.1, 0.15) is 6.92 Å². The van der Waals surface area contributed by atoms with Crippen LogP contribution in [0.15, 0.2) is 22.0 Å². The fourth-order valence-corrected chi connectivity index (χ4v) is 0.517. The second-order valence-electron chi connectivity index (χ2n) is 1.56. The van der Waals surface area contributed by atoms with Gasteiger partial charge in [-0.25, -0.2) is 0 Å². The molecule has 0 spiro atoms. The van der Waals surface area contributed by atoms with Crippen LogP contribution in [0.5, 0.6) is 0 Å². The Labute approximate surface area is 64.1 Å². The van der Waals surface area contributed by atoms with Crippen molar-refractivity contribution in [3.8, 4) is 0 Å². The quantitative estimate of drug-likeness (QED) is 0.458. The second-order valence-corrected chi connectivity index (χ2v) is 2.40. The third-order valence-corrected chi connectivity index (χ3v) is 1.16. The molecule has 0 saturated heterocycles. The Bertz CT molecular complexity index is 152. The van der Waals surface area contributed by atoms with Crippen LogP contribution in [0.4, 0.5) is 0 Å². The van der Waals surface area contributed by atoms with Crippen LogP contribution < -0.4 is 11.5 Å². The first-order valence-corrected chi connectivity index (χ1v) is 3.04. The van der Waals surface area contributed by atoms with Gasteiger partial charge < -0.3 is 11.5 Å². The topological polar surface area (TPSA) is 52.0 Å². The van der Waals surface area contributed by atoms with E-state index in [0.29, 0.717) is 10.7 Å². The molecule has 0 aromatic heterocycles. The zero-order valence-corrected chi connectivity index (χ0v) is 6.50. The minimum absolute atomic E-state index is 0.129. The molecule has 4 heteroatoms. The van der Waals surface area contributed by atoms with Crippen molar-refractivity contribution in [2.24, 2.45) is 11.5 Å². The summed E-state index contributed by atoms with van der Waals surface area (Å²) in [6, 6.07) is 0. The van der Waals surface area contributed by atoms with Gasteiger partial charge in [0.15, 0.2) is 0 Å². The molecule has 0 aliphatic heterocycles. The van der Waals surface area contributed by atoms with Gasteiger partial charge >= 0.3 is 0 Å². The van der Waals surface area contributed by atoms with Crippen LogP contribution >= 0.6 is 23.2 Å². The highest BCUT2D eigenvalue weighted by atomic mass is 35.5. The van der Waals surface area contributed by atoms with E-state index < -0.39 is 0 Å². The molecule has 0 aromatic carbocycles. The largest absolute Gasteiger partial charge is 0.401 e. The van der Waals surface area contributed by atoms with Crippen LogP contribution in [0.3, 0.4) is 0 Å². The van der Waals surface area contributed by atoms with E-state index in [1.165, 1.54) is 6.08 Å². The SMILES string of the molecule is C/C(N)=C(Cl)/C=C(\N)Cl. The molecular weight excluding hydrogens is 159 g/mol. The lowest BCUT2D eigenvalue weighted by Gasteiger charge is -1.92. The summed E-state index contributed by atoms with van der Waals surface area (Å²) >= 11 is 10.8. The summed E-state index contributed by atoms with van der Waals surface area (Å²) in [5, 5.41) is 0.507. The zero-order chi connectivity index (χ0) is 7.44. The fourth-order valence-electron chi connectivity index (χ4n) is 0.235. The average molecular weight is 167 g/mol. The van der Waals surface area contributed by atoms with Gasteiger partial charge in [-0.1, -0.05) is 23.2 Å². The Hall–Kier alpha value is -0.340. The Morgan fingerprint density at radius 2 is 1.78 bits per heavy atom. The lowest BCUT2D eigenvalue weighted by molar-refractivity contribution is 1.30. The van der Waals surface area contributed by atoms with Crippen LogP contribution in [-0.4, -0.2) is 0 Å². The molecule has 0 aliphatic rings. The van der Waals surface area contributed by atoms with Gasteiger partial charge in [-0.3, -0.25) is 0 Å². The molecule has 0 fully saturated rings. The van der Waals surface area contributed by atoms with E-state index in [4.69, 9.17) is 34.7 Å². The standard InChI is InChI=1S/C5H8Cl2N2/c1-3(8)4(6)2-5(7)9/h2H,8-9H2,1H3/b4-3+,5-2-. The summed E-state index contributed by atoms with van der Waals surface area (Å²) in [6.07, 6.45) is 1.39. The van der Waals surface area contributed by atoms with Gasteiger partial charge in [0.25, 0.3) is 0 Å². The Kier molecular flexibility index (Phi) is 3.50. The van der Waals surface area contributed by atoms with Crippen molar-refractivity contribution >= 4 is 23.2 Å². The van der Waals surface area contributed by atoms with Crippen LogP contribution in [0.25, 0.3) is 0 Å². The zero-order valence-electron chi connectivity index (χ0n) is 4.99. The van der Waals surface area contributed by atoms with Gasteiger partial charge in [0, 0.05) is 5.70 Å².